The van der Waals surface area contributed by atoms with Gasteiger partial charge in [0.05, 0.1) is 6.61 Å². The zero-order valence-electron chi connectivity index (χ0n) is 11.1. The molecule has 0 bridgehead atoms. The molecule has 1 aromatic rings. The molecule has 1 aliphatic carbocycles. The summed E-state index contributed by atoms with van der Waals surface area (Å²) in [7, 11) is 0. The molecule has 0 amide bonds. The Hall–Kier alpha value is -1.52. The van der Waals surface area contributed by atoms with E-state index >= 15 is 0 Å². The summed E-state index contributed by atoms with van der Waals surface area (Å²) >= 11 is 0. The number of rotatable bonds is 5. The SMILES string of the molecule is CCCOc1ncnc(NC2CCC(C)C2)c1N. The van der Waals surface area contributed by atoms with E-state index in [0.717, 1.165) is 12.3 Å². The van der Waals surface area contributed by atoms with Crippen LogP contribution in [0, 0.1) is 5.92 Å². The molecule has 5 heteroatoms. The highest BCUT2D eigenvalue weighted by Gasteiger charge is 2.22. The smallest absolute Gasteiger partial charge is 0.242 e. The number of nitrogens with zero attached hydrogens (tertiary/aromatic N) is 2. The van der Waals surface area contributed by atoms with Gasteiger partial charge in [-0.2, -0.15) is 4.98 Å². The third kappa shape index (κ3) is 3.03. The van der Waals surface area contributed by atoms with Gasteiger partial charge in [-0.25, -0.2) is 4.98 Å². The van der Waals surface area contributed by atoms with Gasteiger partial charge in [-0.05, 0) is 31.6 Å². The van der Waals surface area contributed by atoms with Gasteiger partial charge in [0, 0.05) is 6.04 Å². The van der Waals surface area contributed by atoms with Gasteiger partial charge in [-0.3, -0.25) is 0 Å². The lowest BCUT2D eigenvalue weighted by atomic mass is 10.1. The van der Waals surface area contributed by atoms with Crippen LogP contribution in [0.1, 0.15) is 39.5 Å². The highest BCUT2D eigenvalue weighted by molar-refractivity contribution is 5.66. The van der Waals surface area contributed by atoms with E-state index in [-0.39, 0.29) is 0 Å². The monoisotopic (exact) mass is 250 g/mol. The van der Waals surface area contributed by atoms with Crippen molar-refractivity contribution >= 4 is 11.5 Å². The van der Waals surface area contributed by atoms with Gasteiger partial charge in [0.15, 0.2) is 5.82 Å². The Morgan fingerprint density at radius 1 is 1.44 bits per heavy atom. The van der Waals surface area contributed by atoms with E-state index < -0.39 is 0 Å². The van der Waals surface area contributed by atoms with Crippen LogP contribution in [0.25, 0.3) is 0 Å². The molecule has 0 saturated heterocycles. The van der Waals surface area contributed by atoms with Crippen LogP contribution in [0.15, 0.2) is 6.33 Å². The van der Waals surface area contributed by atoms with Crippen LogP contribution in [0.4, 0.5) is 11.5 Å². The van der Waals surface area contributed by atoms with Crippen molar-refractivity contribution in [1.29, 1.82) is 0 Å². The van der Waals surface area contributed by atoms with Crippen LogP contribution < -0.4 is 15.8 Å². The molecule has 2 unspecified atom stereocenters. The van der Waals surface area contributed by atoms with E-state index in [0.29, 0.717) is 30.0 Å². The molecule has 2 atom stereocenters. The van der Waals surface area contributed by atoms with Gasteiger partial charge in [0.25, 0.3) is 0 Å². The first-order chi connectivity index (χ1) is 8.70. The molecule has 5 nitrogen and oxygen atoms in total. The molecular formula is C13H22N4O. The van der Waals surface area contributed by atoms with Gasteiger partial charge in [0.2, 0.25) is 5.88 Å². The van der Waals surface area contributed by atoms with Crippen molar-refractivity contribution in [2.24, 2.45) is 5.92 Å². The van der Waals surface area contributed by atoms with Crippen LogP contribution in [0.3, 0.4) is 0 Å². The molecule has 3 N–H and O–H groups in total. The average Bonchev–Trinajstić information content (AvgIpc) is 2.76. The summed E-state index contributed by atoms with van der Waals surface area (Å²) in [6.45, 7) is 4.96. The molecule has 0 spiro atoms. The summed E-state index contributed by atoms with van der Waals surface area (Å²) in [5, 5.41) is 3.40. The number of nitrogens with two attached hydrogens (primary N) is 1. The highest BCUT2D eigenvalue weighted by atomic mass is 16.5. The Morgan fingerprint density at radius 2 is 2.28 bits per heavy atom. The van der Waals surface area contributed by atoms with Gasteiger partial charge in [-0.15, -0.1) is 0 Å². The van der Waals surface area contributed by atoms with Gasteiger partial charge in [0.1, 0.15) is 12.0 Å². The summed E-state index contributed by atoms with van der Waals surface area (Å²) in [4.78, 5) is 8.28. The molecule has 1 aliphatic rings. The molecule has 1 saturated carbocycles. The number of nitrogens with one attached hydrogen (secondary N) is 1. The Kier molecular flexibility index (Phi) is 4.23. The predicted molar refractivity (Wildman–Crippen MR) is 72.7 cm³/mol. The highest BCUT2D eigenvalue weighted by Crippen LogP contribution is 2.30. The maximum absolute atomic E-state index is 6.02. The van der Waals surface area contributed by atoms with E-state index in [9.17, 15) is 0 Å². The van der Waals surface area contributed by atoms with Crippen molar-refractivity contribution in [3.63, 3.8) is 0 Å². The van der Waals surface area contributed by atoms with Gasteiger partial charge in [-0.1, -0.05) is 13.8 Å². The normalized spacial score (nSPS) is 23.0. The third-order valence-electron chi connectivity index (χ3n) is 3.33. The van der Waals surface area contributed by atoms with Gasteiger partial charge < -0.3 is 15.8 Å². The first-order valence-corrected chi connectivity index (χ1v) is 6.70. The lowest BCUT2D eigenvalue weighted by Crippen LogP contribution is -2.18. The molecule has 1 heterocycles. The first-order valence-electron chi connectivity index (χ1n) is 6.70. The summed E-state index contributed by atoms with van der Waals surface area (Å²) in [6.07, 6.45) is 6.06. The molecule has 1 aromatic heterocycles. The first kappa shape index (κ1) is 12.9. The van der Waals surface area contributed by atoms with E-state index in [1.165, 1.54) is 25.6 Å². The third-order valence-corrected chi connectivity index (χ3v) is 3.33. The van der Waals surface area contributed by atoms with Crippen molar-refractivity contribution in [1.82, 2.24) is 9.97 Å². The molecular weight excluding hydrogens is 228 g/mol. The van der Waals surface area contributed by atoms with Crippen molar-refractivity contribution in [3.8, 4) is 5.88 Å². The Morgan fingerprint density at radius 3 is 2.94 bits per heavy atom. The topological polar surface area (TPSA) is 73.1 Å². The molecule has 0 aliphatic heterocycles. The standard InChI is InChI=1S/C13H22N4O/c1-3-6-18-13-11(14)12(15-8-16-13)17-10-5-4-9(2)7-10/h8-10H,3-7,14H2,1-2H3,(H,15,16,17). The maximum Gasteiger partial charge on any atom is 0.242 e. The minimum atomic E-state index is 0.469. The van der Waals surface area contributed by atoms with Crippen LogP contribution in [0.5, 0.6) is 5.88 Å². The molecule has 1 fully saturated rings. The quantitative estimate of drug-likeness (QED) is 0.839. The zero-order chi connectivity index (χ0) is 13.0. The molecule has 18 heavy (non-hydrogen) atoms. The van der Waals surface area contributed by atoms with E-state index in [2.05, 4.69) is 29.1 Å². The van der Waals surface area contributed by atoms with E-state index in [1.807, 2.05) is 0 Å². The molecule has 0 radical (unpaired) electrons. The van der Waals surface area contributed by atoms with Crippen molar-refractivity contribution in [2.75, 3.05) is 17.7 Å². The Balaban J connectivity index is 2.03. The molecule has 0 aromatic carbocycles. The minimum Gasteiger partial charge on any atom is -0.476 e. The number of aromatic nitrogens is 2. The number of hydrogen-bond acceptors (Lipinski definition) is 5. The van der Waals surface area contributed by atoms with Crippen LogP contribution in [0.2, 0.25) is 0 Å². The second-order valence-electron chi connectivity index (χ2n) is 5.05. The number of ether oxygens (including phenoxy) is 1. The predicted octanol–water partition coefficient (Wildman–Crippen LogP) is 2.45. The van der Waals surface area contributed by atoms with Gasteiger partial charge >= 0.3 is 0 Å². The maximum atomic E-state index is 6.02. The fraction of sp³-hybridized carbons (Fsp3) is 0.692. The van der Waals surface area contributed by atoms with E-state index in [4.69, 9.17) is 10.5 Å². The number of nitrogen functional groups attached to an aromatic ring is 1. The largest absolute Gasteiger partial charge is 0.476 e. The zero-order valence-corrected chi connectivity index (χ0v) is 11.1. The van der Waals surface area contributed by atoms with Crippen LogP contribution in [-0.2, 0) is 0 Å². The average molecular weight is 250 g/mol. The number of hydrogen-bond donors (Lipinski definition) is 2. The van der Waals surface area contributed by atoms with Crippen molar-refractivity contribution in [3.05, 3.63) is 6.33 Å². The second kappa shape index (κ2) is 5.89. The molecule has 2 rings (SSSR count). The van der Waals surface area contributed by atoms with E-state index in [1.54, 1.807) is 0 Å². The summed E-state index contributed by atoms with van der Waals surface area (Å²) in [5.41, 5.74) is 6.54. The summed E-state index contributed by atoms with van der Waals surface area (Å²) in [6, 6.07) is 0.469. The number of anilines is 2. The lowest BCUT2D eigenvalue weighted by molar-refractivity contribution is 0.306. The summed E-state index contributed by atoms with van der Waals surface area (Å²) < 4.78 is 5.50. The van der Waals surface area contributed by atoms with Crippen LogP contribution >= 0.6 is 0 Å². The minimum absolute atomic E-state index is 0.469. The van der Waals surface area contributed by atoms with Crippen molar-refractivity contribution in [2.45, 2.75) is 45.6 Å². The fourth-order valence-corrected chi connectivity index (χ4v) is 2.34. The summed E-state index contributed by atoms with van der Waals surface area (Å²) in [5.74, 6) is 1.97. The Labute approximate surface area is 108 Å². The van der Waals surface area contributed by atoms with Crippen LogP contribution in [-0.4, -0.2) is 22.6 Å². The Bertz CT molecular complexity index is 397. The second-order valence-corrected chi connectivity index (χ2v) is 5.05. The van der Waals surface area contributed by atoms with Crippen molar-refractivity contribution < 1.29 is 4.74 Å². The fourth-order valence-electron chi connectivity index (χ4n) is 2.34. The molecule has 100 valence electrons. The lowest BCUT2D eigenvalue weighted by Gasteiger charge is -2.16.